The van der Waals surface area contributed by atoms with Crippen LogP contribution in [0, 0.1) is 12.3 Å². The van der Waals surface area contributed by atoms with Gasteiger partial charge in [-0.3, -0.25) is 103 Å². The Kier molecular flexibility index (Phi) is 42.5. The van der Waals surface area contributed by atoms with E-state index in [0.717, 1.165) is 92.9 Å². The van der Waals surface area contributed by atoms with Crippen LogP contribution in [0.2, 0.25) is 0 Å². The molecule has 0 saturated carbocycles. The van der Waals surface area contributed by atoms with Gasteiger partial charge in [-0.2, -0.15) is 4.98 Å². The van der Waals surface area contributed by atoms with Crippen molar-refractivity contribution in [1.82, 2.24) is 57.3 Å². The van der Waals surface area contributed by atoms with Crippen LogP contribution in [0.5, 0.6) is 0 Å². The molecule has 24 atom stereocenters. The second-order valence-corrected chi connectivity index (χ2v) is 38.4. The normalized spacial score (nSPS) is 30.4. The smallest absolute Gasteiger partial charge is 0.385 e. The molecule has 0 amide bonds. The Labute approximate surface area is 808 Å². The number of phosphoric ester groups is 6. The number of alkyl halides is 3. The molecule has 0 bridgehead atoms. The number of nitrogens with one attached hydrogen (secondary N) is 5. The van der Waals surface area contributed by atoms with Crippen LogP contribution in [0.4, 0.5) is 19.0 Å². The third kappa shape index (κ3) is 32.2. The number of rotatable bonds is 35. The van der Waals surface area contributed by atoms with Gasteiger partial charge >= 0.3 is 81.1 Å². The first-order valence-electron chi connectivity index (χ1n) is 40.8. The molecule has 0 aromatic carbocycles. The lowest BCUT2D eigenvalue weighted by molar-refractivity contribution is -0.292. The van der Waals surface area contributed by atoms with Crippen molar-refractivity contribution in [3.05, 3.63) is 188 Å². The molecule has 0 radical (unpaired) electrons. The average molecular weight is 2240 g/mol. The lowest BCUT2D eigenvalue weighted by atomic mass is 10.1. The monoisotopic (exact) mass is 2240 g/mol. The highest BCUT2D eigenvalue weighted by molar-refractivity contribution is 7.47. The molecule has 6 fully saturated rings. The number of phosphoric acid groups is 6. The highest BCUT2D eigenvalue weighted by atomic mass is 31.2. The summed E-state index contributed by atoms with van der Waals surface area (Å²) in [5.41, 5.74) is -3.84. The number of anilines is 1. The summed E-state index contributed by atoms with van der Waals surface area (Å²) in [6.45, 7) is 2.71. The summed E-state index contributed by atoms with van der Waals surface area (Å²) < 4.78 is 202. The minimum Gasteiger partial charge on any atom is -0.385 e. The number of aromatic nitrogens is 12. The minimum absolute atomic E-state index is 0.0540. The summed E-state index contributed by atoms with van der Waals surface area (Å²) >= 11 is 0. The number of nitrogens with zero attached hydrogens (tertiary/aromatic N) is 7. The number of aliphatic hydroxyl groups is 9. The van der Waals surface area contributed by atoms with Crippen LogP contribution in [0.3, 0.4) is 0 Å². The molecule has 78 heteroatoms. The van der Waals surface area contributed by atoms with Gasteiger partial charge in [0.1, 0.15) is 107 Å². The fourth-order valence-electron chi connectivity index (χ4n) is 13.7. The molecule has 6 aromatic rings. The molecule has 6 aliphatic heterocycles. The molecule has 12 rings (SSSR count). The summed E-state index contributed by atoms with van der Waals surface area (Å²) in [6, 6.07) is 6.08. The van der Waals surface area contributed by atoms with Gasteiger partial charge in [0, 0.05) is 87.8 Å². The zero-order valence-electron chi connectivity index (χ0n) is 75.6. The van der Waals surface area contributed by atoms with Crippen LogP contribution in [-0.4, -0.2) is 349 Å². The number of methoxy groups -OCH3 is 1. The predicted molar refractivity (Wildman–Crippen MR) is 461 cm³/mol. The van der Waals surface area contributed by atoms with Crippen molar-refractivity contribution in [3.8, 4) is 12.3 Å². The molecule has 6 aromatic heterocycles. The van der Waals surface area contributed by atoms with Gasteiger partial charge in [-0.15, -0.1) is 6.42 Å². The second-order valence-electron chi connectivity index (χ2n) is 31.0. The highest BCUT2D eigenvalue weighted by Crippen LogP contribution is 2.51. The van der Waals surface area contributed by atoms with E-state index in [2.05, 4.69) is 38.0 Å². The van der Waals surface area contributed by atoms with Gasteiger partial charge in [0.15, 0.2) is 55.9 Å². The third-order valence-corrected chi connectivity index (χ3v) is 22.7. The standard InChI is InChI=1S/C12H18FN2O9P.C12H19N2O10P.C12H15N2O10P.C11H16FN2O9P.C11H17N2O10P.C10H15FN3O8P/c1-6(2)23-12(5-22-25(19,20)21)9(17)8(13)10(24-12)15-4-3-7(16)14-11(15)18;1-6(2)23-12(5-22-25(19,20)21)9(17)8(16)10(24-12)14-4-3-7(15)13-11(14)18;1-2-5-22-12(6-23-25(19,20)21)9(17)8(16)10(24-12)14-4-3-7(15)13-11(14)18;1-2-21-11(5-22-24(18,19)20)8(16)7(12)9(23-11)14-4-3-6(15)13-10(14)17;1-2-21-11(5-22-24(18,19)20)8(16)7(15)9(23-11)13-4-3-6(14)12-10(13)17;1-20-10(4-21-23(17,18)19)7(11)6(15)8(22-10)14-3-2-5(12)13-9(14)16/h3-4,6,8-10,17H,5H2,1-2H3,(H,14,16,18)(H2,19,20,21);3-4,6,8-10,16-17H,5H2,1-2H3,(H,13,15,18)(H2,19,20,21);1,3-4,8-10,16-17H,5-6H2,(H,13,15,18)(H2,19,20,21);3-4,7-9,16H,2,5H2,1H3,(H,13,15,17)(H2,18,19,20);3-4,7-9,15-16H,2,5H2,1H3,(H,12,14,17)(H2,18,19,20);2-3,6-8,15H,4H2,1H3,(H2,12,13,16)(H2,17,18,19)/t3*8-,9+,10-,12-;2*7-,8+,9-,11-;6-,7+,8-,10-/m111111/s1. The first kappa shape index (κ1) is 124. The fraction of sp³-hybridized carbons (Fsp3) is 0.618. The Balaban J connectivity index is 0.000000237. The molecule has 6 aliphatic rings. The Morgan fingerprint density at radius 1 is 0.377 bits per heavy atom. The maximum absolute atomic E-state index is 14.6. The fourth-order valence-corrected chi connectivity index (χ4v) is 15.8. The molecule has 12 heterocycles. The maximum Gasteiger partial charge on any atom is 0.469 e. The summed E-state index contributed by atoms with van der Waals surface area (Å²) in [5.74, 6) is -11.4. The van der Waals surface area contributed by atoms with Gasteiger partial charge in [-0.1, -0.05) is 5.92 Å². The molecule has 0 aliphatic carbocycles. The number of H-pyrrole nitrogens is 5. The number of halogens is 3. The lowest BCUT2D eigenvalue weighted by Gasteiger charge is -2.33. The molecule has 0 spiro atoms. The predicted octanol–water partition coefficient (Wildman–Crippen LogP) is -11.0. The number of hydrogen-bond donors (Lipinski definition) is 27. The first-order valence-corrected chi connectivity index (χ1v) is 50.0. The van der Waals surface area contributed by atoms with Gasteiger partial charge in [0.05, 0.1) is 12.2 Å². The van der Waals surface area contributed by atoms with Gasteiger partial charge in [0.25, 0.3) is 27.8 Å². The van der Waals surface area contributed by atoms with E-state index >= 15 is 0 Å². The summed E-state index contributed by atoms with van der Waals surface area (Å²) in [6.07, 6.45) is -22.7. The number of terminal acetylenes is 1. The SMILES string of the molecule is C#CCO[C@]1(COP(=O)(O)O)O[C@@H](n2ccc(=O)[nH]c2=O)[C@H](O)[C@@H]1O.CC(C)O[C@]1(COP(=O)(O)O)O[C@@H](n2ccc(=O)[nH]c2=O)[C@H](F)[C@@H]1O.CC(C)O[C@]1(COP(=O)(O)O)O[C@@H](n2ccc(=O)[nH]c2=O)[C@H](O)[C@@H]1O.CCO[C@]1(COP(=O)(O)O)O[C@@H](n2ccc(=O)[nH]c2=O)[C@H](F)[C@@H]1O.CCO[C@]1(COP(=O)(O)O)O[C@@H](n2ccc(=O)[nH]c2=O)[C@H](O)[C@@H]1O.CO[C@]1(COP(=O)(O)O)O[C@@H](n2ccc(N)nc2=O)[C@H](O)[C@@H]1F. The third-order valence-electron chi connectivity index (χ3n) is 19.9. The van der Waals surface area contributed by atoms with Gasteiger partial charge in [-0.25, -0.2) is 69.3 Å². The van der Waals surface area contributed by atoms with E-state index < -0.39 is 313 Å². The zero-order valence-corrected chi connectivity index (χ0v) is 81.0. The van der Waals surface area contributed by atoms with Crippen LogP contribution in [-0.2, 0) is 111 Å². The molecule has 6 saturated heterocycles. The van der Waals surface area contributed by atoms with E-state index in [9.17, 15) is 139 Å². The summed E-state index contributed by atoms with van der Waals surface area (Å²) in [4.78, 5) is 245. The van der Waals surface area contributed by atoms with Crippen molar-refractivity contribution >= 4 is 52.8 Å². The molecule has 146 heavy (non-hydrogen) atoms. The first-order chi connectivity index (χ1) is 67.3. The van der Waals surface area contributed by atoms with Gasteiger partial charge < -0.3 is 167 Å². The van der Waals surface area contributed by atoms with Crippen LogP contribution < -0.4 is 67.7 Å². The number of aliphatic hydroxyl groups excluding tert-OH is 9. The Morgan fingerprint density at radius 3 is 0.890 bits per heavy atom. The van der Waals surface area contributed by atoms with Crippen LogP contribution >= 0.6 is 46.9 Å². The van der Waals surface area contributed by atoms with E-state index in [4.69, 9.17) is 128 Å². The average Bonchev–Trinajstić information content (AvgIpc) is 1.64. The van der Waals surface area contributed by atoms with Crippen molar-refractivity contribution in [2.45, 2.75) is 199 Å². The summed E-state index contributed by atoms with van der Waals surface area (Å²) in [5, 5.41) is 91.5. The van der Waals surface area contributed by atoms with E-state index in [-0.39, 0.29) is 19.0 Å². The minimum atomic E-state index is -4.97. The number of nitrogen functional groups attached to an aromatic ring is 1. The van der Waals surface area contributed by atoms with Gasteiger partial charge in [0.2, 0.25) is 34.7 Å². The van der Waals surface area contributed by atoms with Crippen molar-refractivity contribution in [1.29, 1.82) is 0 Å². The van der Waals surface area contributed by atoms with Crippen LogP contribution in [0.1, 0.15) is 78.9 Å². The lowest BCUT2D eigenvalue weighted by Crippen LogP contribution is -2.50. The molecular formula is C68H100F3N13O56P6. The topological polar surface area (TPSA) is 1030 Å². The van der Waals surface area contributed by atoms with Gasteiger partial charge in [-0.05, 0) is 47.6 Å². The Hall–Kier alpha value is -8.75. The molecule has 824 valence electrons. The largest absolute Gasteiger partial charge is 0.469 e. The van der Waals surface area contributed by atoms with E-state index in [1.807, 2.05) is 24.9 Å². The van der Waals surface area contributed by atoms with Crippen LogP contribution in [0.25, 0.3) is 0 Å². The second kappa shape index (κ2) is 50.0. The molecule has 28 N–H and O–H groups in total. The van der Waals surface area contributed by atoms with E-state index in [0.29, 0.717) is 9.13 Å². The quantitative estimate of drug-likeness (QED) is 0.0130. The zero-order chi connectivity index (χ0) is 110. The van der Waals surface area contributed by atoms with Crippen LogP contribution in [0.15, 0.2) is 126 Å². The number of aromatic amines is 5. The van der Waals surface area contributed by atoms with Crippen molar-refractivity contribution < 1.29 is 229 Å². The molecule has 69 nitrogen and oxygen atoms in total. The Bertz CT molecular complexity index is 6250. The Morgan fingerprint density at radius 2 is 0.610 bits per heavy atom. The van der Waals surface area contributed by atoms with Crippen molar-refractivity contribution in [2.75, 3.05) is 72.3 Å². The molecule has 0 unspecified atom stereocenters. The van der Waals surface area contributed by atoms with Crippen molar-refractivity contribution in [3.63, 3.8) is 0 Å². The number of nitrogens with two attached hydrogens (primary N) is 1. The van der Waals surface area contributed by atoms with Crippen molar-refractivity contribution in [2.24, 2.45) is 0 Å². The number of ether oxygens (including phenoxy) is 12. The van der Waals surface area contributed by atoms with E-state index in [1.165, 1.54) is 33.8 Å². The summed E-state index contributed by atoms with van der Waals surface area (Å²) in [7, 11) is -28.7. The van der Waals surface area contributed by atoms with E-state index in [1.54, 1.807) is 13.8 Å². The molecular weight excluding hydrogens is 2140 g/mol. The number of hydrogen-bond acceptors (Lipinski definition) is 46. The highest BCUT2D eigenvalue weighted by Gasteiger charge is 2.64. The maximum atomic E-state index is 14.6.